The van der Waals surface area contributed by atoms with Gasteiger partial charge in [-0.05, 0) is 19.9 Å². The van der Waals surface area contributed by atoms with Crippen LogP contribution in [0.4, 0.5) is 5.69 Å². The minimum Gasteiger partial charge on any atom is -0.499 e. The molecule has 0 spiro atoms. The molecule has 0 fully saturated rings. The average molecular weight is 334 g/mol. The van der Waals surface area contributed by atoms with Gasteiger partial charge < -0.3 is 19.5 Å². The summed E-state index contributed by atoms with van der Waals surface area (Å²) in [5, 5.41) is 21.8. The molecule has 8 heteroatoms. The van der Waals surface area contributed by atoms with E-state index in [-0.39, 0.29) is 18.1 Å². The number of rotatable bonds is 3. The van der Waals surface area contributed by atoms with E-state index >= 15 is 0 Å². The van der Waals surface area contributed by atoms with Crippen molar-refractivity contribution >= 4 is 11.6 Å². The van der Waals surface area contributed by atoms with Crippen molar-refractivity contribution in [2.45, 2.75) is 31.6 Å². The van der Waals surface area contributed by atoms with Crippen LogP contribution in [0, 0.1) is 10.1 Å². The second-order valence-corrected chi connectivity index (χ2v) is 6.36. The van der Waals surface area contributed by atoms with E-state index in [2.05, 4.69) is 0 Å². The Morgan fingerprint density at radius 2 is 2.17 bits per heavy atom. The smallest absolute Gasteiger partial charge is 0.270 e. The summed E-state index contributed by atoms with van der Waals surface area (Å²) in [6, 6.07) is 3.42. The highest BCUT2D eigenvalue weighted by Gasteiger charge is 2.48. The van der Waals surface area contributed by atoms with E-state index in [1.807, 2.05) is 0 Å². The van der Waals surface area contributed by atoms with Crippen LogP contribution < -0.4 is 4.74 Å². The van der Waals surface area contributed by atoms with Gasteiger partial charge in [-0.15, -0.1) is 0 Å². The zero-order chi connectivity index (χ0) is 17.6. The molecule has 0 aromatic heterocycles. The molecule has 2 aliphatic heterocycles. The summed E-state index contributed by atoms with van der Waals surface area (Å²) >= 11 is 0. The van der Waals surface area contributed by atoms with Crippen molar-refractivity contribution in [3.8, 4) is 5.75 Å². The third-order valence-electron chi connectivity index (χ3n) is 4.40. The highest BCUT2D eigenvalue weighted by Crippen LogP contribution is 2.45. The highest BCUT2D eigenvalue weighted by molar-refractivity contribution is 5.91. The van der Waals surface area contributed by atoms with Gasteiger partial charge in [-0.3, -0.25) is 14.9 Å². The molecule has 1 aromatic carbocycles. The Hall–Kier alpha value is -2.61. The minimum atomic E-state index is -1.06. The van der Waals surface area contributed by atoms with Crippen molar-refractivity contribution in [1.82, 2.24) is 4.90 Å². The fraction of sp³-hybridized carbons (Fsp3) is 0.438. The molecule has 8 nitrogen and oxygen atoms in total. The van der Waals surface area contributed by atoms with Gasteiger partial charge in [0.05, 0.1) is 24.6 Å². The van der Waals surface area contributed by atoms with Gasteiger partial charge >= 0.3 is 0 Å². The predicted molar refractivity (Wildman–Crippen MR) is 83.4 cm³/mol. The van der Waals surface area contributed by atoms with Gasteiger partial charge in [0.2, 0.25) is 0 Å². The molecule has 1 N–H and O–H groups in total. The SMILES string of the molecule is COC1=CC(=O)N(C2c3cc([N+](=O)[O-])ccc3OC(C)(C)C2O)C1. The zero-order valence-electron chi connectivity index (χ0n) is 13.6. The van der Waals surface area contributed by atoms with E-state index in [1.54, 1.807) is 13.8 Å². The molecule has 0 saturated carbocycles. The maximum absolute atomic E-state index is 12.3. The first kappa shape index (κ1) is 16.3. The van der Waals surface area contributed by atoms with Crippen LogP contribution in [0.25, 0.3) is 0 Å². The maximum atomic E-state index is 12.3. The van der Waals surface area contributed by atoms with Crippen LogP contribution in [-0.4, -0.2) is 46.2 Å². The third-order valence-corrected chi connectivity index (χ3v) is 4.40. The van der Waals surface area contributed by atoms with Crippen LogP contribution in [0.3, 0.4) is 0 Å². The molecule has 1 aromatic rings. The fourth-order valence-corrected chi connectivity index (χ4v) is 3.08. The molecule has 0 saturated heterocycles. The lowest BCUT2D eigenvalue weighted by atomic mass is 9.85. The largest absolute Gasteiger partial charge is 0.499 e. The van der Waals surface area contributed by atoms with Gasteiger partial charge in [0.25, 0.3) is 11.6 Å². The van der Waals surface area contributed by atoms with Gasteiger partial charge in [0.1, 0.15) is 23.2 Å². The number of hydrogen-bond donors (Lipinski definition) is 1. The Labute approximate surface area is 138 Å². The summed E-state index contributed by atoms with van der Waals surface area (Å²) in [6.45, 7) is 3.61. The monoisotopic (exact) mass is 334 g/mol. The van der Waals surface area contributed by atoms with E-state index in [1.165, 1.54) is 36.3 Å². The average Bonchev–Trinajstić information content (AvgIpc) is 2.88. The molecule has 24 heavy (non-hydrogen) atoms. The second-order valence-electron chi connectivity index (χ2n) is 6.36. The number of nitro groups is 1. The number of ether oxygens (including phenoxy) is 2. The van der Waals surface area contributed by atoms with Crippen LogP contribution in [0.1, 0.15) is 25.5 Å². The number of fused-ring (bicyclic) bond motifs is 1. The van der Waals surface area contributed by atoms with Crippen LogP contribution in [0.5, 0.6) is 5.75 Å². The number of amides is 1. The van der Waals surface area contributed by atoms with Crippen LogP contribution in [0.15, 0.2) is 30.0 Å². The molecule has 128 valence electrons. The number of nitro benzene ring substituents is 1. The highest BCUT2D eigenvalue weighted by atomic mass is 16.6. The summed E-state index contributed by atoms with van der Waals surface area (Å²) in [6.07, 6.45) is 0.298. The van der Waals surface area contributed by atoms with Gasteiger partial charge in [-0.25, -0.2) is 0 Å². The molecule has 0 aliphatic carbocycles. The first-order valence-corrected chi connectivity index (χ1v) is 7.45. The number of benzene rings is 1. The fourth-order valence-electron chi connectivity index (χ4n) is 3.08. The molecular formula is C16H18N2O6. The topological polar surface area (TPSA) is 102 Å². The van der Waals surface area contributed by atoms with Gasteiger partial charge in [-0.1, -0.05) is 0 Å². The maximum Gasteiger partial charge on any atom is 0.270 e. The lowest BCUT2D eigenvalue weighted by Crippen LogP contribution is -2.54. The number of nitrogens with zero attached hydrogens (tertiary/aromatic N) is 2. The number of aliphatic hydroxyl groups excluding tert-OH is 1. The molecule has 2 aliphatic rings. The second kappa shape index (κ2) is 5.48. The van der Waals surface area contributed by atoms with E-state index in [4.69, 9.17) is 9.47 Å². The number of hydrogen-bond acceptors (Lipinski definition) is 6. The number of non-ortho nitro benzene ring substituents is 1. The van der Waals surface area contributed by atoms with Crippen molar-refractivity contribution < 1.29 is 24.3 Å². The van der Waals surface area contributed by atoms with Gasteiger partial charge in [0.15, 0.2) is 0 Å². The number of aliphatic hydroxyl groups is 1. The van der Waals surface area contributed by atoms with Crippen LogP contribution in [0.2, 0.25) is 0 Å². The van der Waals surface area contributed by atoms with E-state index in [9.17, 15) is 20.0 Å². The molecule has 2 atom stereocenters. The van der Waals surface area contributed by atoms with Crippen molar-refractivity contribution in [1.29, 1.82) is 0 Å². The van der Waals surface area contributed by atoms with E-state index in [0.717, 1.165) is 0 Å². The standard InChI is InChI=1S/C16H18N2O6/c1-16(2)15(20)14(17-8-10(23-3)7-13(17)19)11-6-9(18(21)22)4-5-12(11)24-16/h4-7,14-15,20H,8H2,1-3H3. The minimum absolute atomic E-state index is 0.124. The lowest BCUT2D eigenvalue weighted by molar-refractivity contribution is -0.385. The van der Waals surface area contributed by atoms with Gasteiger partial charge in [-0.2, -0.15) is 0 Å². The Bertz CT molecular complexity index is 742. The van der Waals surface area contributed by atoms with E-state index < -0.39 is 22.7 Å². The summed E-state index contributed by atoms with van der Waals surface area (Å²) in [5.41, 5.74) is -0.667. The van der Waals surface area contributed by atoms with Crippen molar-refractivity contribution in [3.05, 3.63) is 45.7 Å². The first-order valence-electron chi connectivity index (χ1n) is 7.45. The molecule has 1 amide bonds. The van der Waals surface area contributed by atoms with Gasteiger partial charge in [0, 0.05) is 23.8 Å². The lowest BCUT2D eigenvalue weighted by Gasteiger charge is -2.45. The molecule has 3 rings (SSSR count). The first-order chi connectivity index (χ1) is 11.2. The third kappa shape index (κ3) is 2.48. The van der Waals surface area contributed by atoms with Crippen molar-refractivity contribution in [3.63, 3.8) is 0 Å². The summed E-state index contributed by atoms with van der Waals surface area (Å²) in [7, 11) is 1.46. The van der Waals surface area contributed by atoms with E-state index in [0.29, 0.717) is 17.1 Å². The Balaban J connectivity index is 2.09. The molecule has 0 bridgehead atoms. The Morgan fingerprint density at radius 3 is 2.75 bits per heavy atom. The number of carbonyl (C=O) groups excluding carboxylic acids is 1. The summed E-state index contributed by atoms with van der Waals surface area (Å²) < 4.78 is 10.9. The molecule has 0 radical (unpaired) electrons. The predicted octanol–water partition coefficient (Wildman–Crippen LogP) is 1.54. The number of methoxy groups -OCH3 is 1. The van der Waals surface area contributed by atoms with Crippen LogP contribution >= 0.6 is 0 Å². The molecule has 2 unspecified atom stereocenters. The Morgan fingerprint density at radius 1 is 1.46 bits per heavy atom. The summed E-state index contributed by atoms with van der Waals surface area (Å²) in [5.74, 6) is 0.578. The Kier molecular flexibility index (Phi) is 3.71. The zero-order valence-corrected chi connectivity index (χ0v) is 13.6. The quantitative estimate of drug-likeness (QED) is 0.664. The van der Waals surface area contributed by atoms with Crippen LogP contribution in [-0.2, 0) is 9.53 Å². The normalized spacial score (nSPS) is 24.9. The molecule has 2 heterocycles. The number of carbonyl (C=O) groups is 1. The van der Waals surface area contributed by atoms with Crippen molar-refractivity contribution in [2.75, 3.05) is 13.7 Å². The van der Waals surface area contributed by atoms with Crippen molar-refractivity contribution in [2.24, 2.45) is 0 Å². The molecular weight excluding hydrogens is 316 g/mol. The summed E-state index contributed by atoms with van der Waals surface area (Å²) in [4.78, 5) is 24.3.